The highest BCUT2D eigenvalue weighted by molar-refractivity contribution is 6.24. The molecule has 1 aliphatic rings. The first kappa shape index (κ1) is 14.2. The van der Waals surface area contributed by atoms with Gasteiger partial charge in [0.15, 0.2) is 0 Å². The number of hydrogen-bond acceptors (Lipinski definition) is 5. The predicted octanol–water partition coefficient (Wildman–Crippen LogP) is 0.690. The quantitative estimate of drug-likeness (QED) is 0.498. The van der Waals surface area contributed by atoms with Crippen molar-refractivity contribution in [2.24, 2.45) is 5.10 Å². The molecular formula is C14H17N3O3. The number of rotatable bonds is 4. The maximum atomic E-state index is 12.3. The molecule has 6 nitrogen and oxygen atoms in total. The van der Waals surface area contributed by atoms with Crippen LogP contribution < -0.4 is 0 Å². The molecule has 0 unspecified atom stereocenters. The molecule has 1 N–H and O–H groups in total. The SMILES string of the molecule is CCN1C(=O)c2c(/C=N/N(C)C)ccc(CO)c2C1=O. The molecule has 0 saturated carbocycles. The molecule has 0 aliphatic carbocycles. The van der Waals surface area contributed by atoms with Crippen molar-refractivity contribution in [1.29, 1.82) is 0 Å². The standard InChI is InChI=1S/C14H17N3O3/c1-4-17-13(19)11-9(7-15-16(2)3)5-6-10(8-18)12(11)14(17)20/h5-7,18H,4,8H2,1-3H3/b15-7+. The van der Waals surface area contributed by atoms with Crippen molar-refractivity contribution in [3.8, 4) is 0 Å². The van der Waals surface area contributed by atoms with Gasteiger partial charge in [0.2, 0.25) is 0 Å². The molecule has 6 heteroatoms. The average molecular weight is 275 g/mol. The van der Waals surface area contributed by atoms with E-state index in [1.165, 1.54) is 4.90 Å². The minimum atomic E-state index is -0.350. The topological polar surface area (TPSA) is 73.2 Å². The molecule has 20 heavy (non-hydrogen) atoms. The van der Waals surface area contributed by atoms with E-state index >= 15 is 0 Å². The zero-order valence-corrected chi connectivity index (χ0v) is 11.8. The monoisotopic (exact) mass is 275 g/mol. The third kappa shape index (κ3) is 2.18. The second kappa shape index (κ2) is 5.42. The first-order valence-corrected chi connectivity index (χ1v) is 6.35. The Kier molecular flexibility index (Phi) is 3.85. The highest BCUT2D eigenvalue weighted by atomic mass is 16.3. The van der Waals surface area contributed by atoms with Gasteiger partial charge in [-0.15, -0.1) is 0 Å². The molecule has 2 rings (SSSR count). The second-order valence-corrected chi connectivity index (χ2v) is 4.67. The van der Waals surface area contributed by atoms with E-state index in [0.717, 1.165) is 0 Å². The number of imide groups is 1. The number of amides is 2. The number of carbonyl (C=O) groups is 2. The molecule has 1 aliphatic heterocycles. The van der Waals surface area contributed by atoms with Crippen LogP contribution in [0.1, 0.15) is 38.8 Å². The van der Waals surface area contributed by atoms with Crippen LogP contribution in [0.15, 0.2) is 17.2 Å². The summed E-state index contributed by atoms with van der Waals surface area (Å²) in [6.45, 7) is 1.78. The molecule has 106 valence electrons. The van der Waals surface area contributed by atoms with Crippen molar-refractivity contribution in [3.05, 3.63) is 34.4 Å². The highest BCUT2D eigenvalue weighted by Gasteiger charge is 2.37. The first-order valence-electron chi connectivity index (χ1n) is 6.35. The van der Waals surface area contributed by atoms with Gasteiger partial charge in [0.25, 0.3) is 11.8 Å². The Morgan fingerprint density at radius 2 is 1.90 bits per heavy atom. The molecular weight excluding hydrogens is 258 g/mol. The smallest absolute Gasteiger partial charge is 0.262 e. The fraction of sp³-hybridized carbons (Fsp3) is 0.357. The molecule has 0 radical (unpaired) electrons. The molecule has 0 fully saturated rings. The minimum absolute atomic E-state index is 0.274. The Bertz CT molecular complexity index is 594. The Balaban J connectivity index is 2.62. The van der Waals surface area contributed by atoms with Crippen molar-refractivity contribution in [2.45, 2.75) is 13.5 Å². The molecule has 1 aromatic carbocycles. The average Bonchev–Trinajstić information content (AvgIpc) is 2.68. The van der Waals surface area contributed by atoms with Crippen molar-refractivity contribution >= 4 is 18.0 Å². The number of hydrazone groups is 1. The largest absolute Gasteiger partial charge is 0.392 e. The Morgan fingerprint density at radius 3 is 2.45 bits per heavy atom. The molecule has 0 spiro atoms. The van der Waals surface area contributed by atoms with E-state index in [1.807, 2.05) is 0 Å². The number of fused-ring (bicyclic) bond motifs is 1. The van der Waals surface area contributed by atoms with Crippen LogP contribution >= 0.6 is 0 Å². The summed E-state index contributed by atoms with van der Waals surface area (Å²) in [7, 11) is 3.54. The summed E-state index contributed by atoms with van der Waals surface area (Å²) in [5.74, 6) is -0.681. The predicted molar refractivity (Wildman–Crippen MR) is 74.7 cm³/mol. The van der Waals surface area contributed by atoms with Crippen LogP contribution in [0.4, 0.5) is 0 Å². The molecule has 1 heterocycles. The summed E-state index contributed by atoms with van der Waals surface area (Å²) >= 11 is 0. The van der Waals surface area contributed by atoms with Gasteiger partial charge in [-0.05, 0) is 12.5 Å². The molecule has 1 aromatic rings. The van der Waals surface area contributed by atoms with Crippen LogP contribution in [0.5, 0.6) is 0 Å². The zero-order valence-electron chi connectivity index (χ0n) is 11.8. The number of hydrogen-bond donors (Lipinski definition) is 1. The maximum absolute atomic E-state index is 12.3. The molecule has 0 saturated heterocycles. The maximum Gasteiger partial charge on any atom is 0.262 e. The van der Waals surface area contributed by atoms with Gasteiger partial charge >= 0.3 is 0 Å². The number of nitrogens with zero attached hydrogens (tertiary/aromatic N) is 3. The summed E-state index contributed by atoms with van der Waals surface area (Å²) in [5, 5.41) is 15.1. The second-order valence-electron chi connectivity index (χ2n) is 4.67. The summed E-state index contributed by atoms with van der Waals surface area (Å²) < 4.78 is 0. The molecule has 0 aromatic heterocycles. The Morgan fingerprint density at radius 1 is 1.25 bits per heavy atom. The summed E-state index contributed by atoms with van der Waals surface area (Å²) in [6.07, 6.45) is 1.55. The lowest BCUT2D eigenvalue weighted by molar-refractivity contribution is 0.0662. The van der Waals surface area contributed by atoms with Crippen LogP contribution in [0.2, 0.25) is 0 Å². The molecule has 2 amide bonds. The summed E-state index contributed by atoms with van der Waals surface area (Å²) in [6, 6.07) is 3.35. The van der Waals surface area contributed by atoms with E-state index in [1.54, 1.807) is 44.4 Å². The van der Waals surface area contributed by atoms with Gasteiger partial charge in [-0.25, -0.2) is 0 Å². The van der Waals surface area contributed by atoms with Crippen molar-refractivity contribution in [3.63, 3.8) is 0 Å². The first-order chi connectivity index (χ1) is 9.51. The van der Waals surface area contributed by atoms with Crippen molar-refractivity contribution in [2.75, 3.05) is 20.6 Å². The lowest BCUT2D eigenvalue weighted by Crippen LogP contribution is -2.29. The van der Waals surface area contributed by atoms with E-state index in [2.05, 4.69) is 5.10 Å². The van der Waals surface area contributed by atoms with Crippen LogP contribution in [-0.2, 0) is 6.61 Å². The van der Waals surface area contributed by atoms with E-state index in [9.17, 15) is 14.7 Å². The van der Waals surface area contributed by atoms with Gasteiger partial charge < -0.3 is 10.1 Å². The van der Waals surface area contributed by atoms with Gasteiger partial charge in [-0.2, -0.15) is 5.10 Å². The van der Waals surface area contributed by atoms with Gasteiger partial charge in [0, 0.05) is 26.2 Å². The van der Waals surface area contributed by atoms with Crippen LogP contribution in [0.25, 0.3) is 0 Å². The normalized spacial score (nSPS) is 14.3. The number of aliphatic hydroxyl groups is 1. The van der Waals surface area contributed by atoms with Gasteiger partial charge in [-0.1, -0.05) is 12.1 Å². The lowest BCUT2D eigenvalue weighted by atomic mass is 9.98. The van der Waals surface area contributed by atoms with E-state index in [0.29, 0.717) is 28.8 Å². The third-order valence-electron chi connectivity index (χ3n) is 3.16. The van der Waals surface area contributed by atoms with Crippen LogP contribution in [0, 0.1) is 0 Å². The number of carbonyl (C=O) groups excluding carboxylic acids is 2. The van der Waals surface area contributed by atoms with E-state index in [-0.39, 0.29) is 18.4 Å². The van der Waals surface area contributed by atoms with Crippen molar-refractivity contribution in [1.82, 2.24) is 9.91 Å². The summed E-state index contributed by atoms with van der Waals surface area (Å²) in [4.78, 5) is 25.7. The Labute approximate surface area is 117 Å². The fourth-order valence-corrected chi connectivity index (χ4v) is 2.20. The highest BCUT2D eigenvalue weighted by Crippen LogP contribution is 2.28. The number of aliphatic hydroxyl groups excluding tert-OH is 1. The summed E-state index contributed by atoms with van der Waals surface area (Å²) in [5.41, 5.74) is 1.67. The minimum Gasteiger partial charge on any atom is -0.392 e. The fourth-order valence-electron chi connectivity index (χ4n) is 2.20. The van der Waals surface area contributed by atoms with Crippen LogP contribution in [0.3, 0.4) is 0 Å². The van der Waals surface area contributed by atoms with Crippen LogP contribution in [-0.4, -0.2) is 53.7 Å². The van der Waals surface area contributed by atoms with Gasteiger partial charge in [0.1, 0.15) is 0 Å². The van der Waals surface area contributed by atoms with Gasteiger partial charge in [0.05, 0.1) is 23.9 Å². The van der Waals surface area contributed by atoms with E-state index < -0.39 is 0 Å². The van der Waals surface area contributed by atoms with Crippen molar-refractivity contribution < 1.29 is 14.7 Å². The zero-order chi connectivity index (χ0) is 14.9. The lowest BCUT2D eigenvalue weighted by Gasteiger charge is -2.09. The Hall–Kier alpha value is -2.21. The molecule has 0 atom stereocenters. The molecule has 0 bridgehead atoms. The van der Waals surface area contributed by atoms with E-state index in [4.69, 9.17) is 0 Å². The third-order valence-corrected chi connectivity index (χ3v) is 3.16. The van der Waals surface area contributed by atoms with Gasteiger partial charge in [-0.3, -0.25) is 14.5 Å². The number of benzene rings is 1.